The number of hydrogen-bond acceptors (Lipinski definition) is 5. The summed E-state index contributed by atoms with van der Waals surface area (Å²) in [6.45, 7) is 6.64. The van der Waals surface area contributed by atoms with Crippen molar-refractivity contribution in [1.82, 2.24) is 0 Å². The van der Waals surface area contributed by atoms with E-state index in [1.54, 1.807) is 0 Å². The molecule has 168 valence electrons. The number of esters is 1. The largest absolute Gasteiger partial charge is 0.458 e. The van der Waals surface area contributed by atoms with Crippen LogP contribution < -0.4 is 0 Å². The van der Waals surface area contributed by atoms with E-state index in [0.717, 1.165) is 6.42 Å². The third kappa shape index (κ3) is 2.64. The maximum atomic E-state index is 17.0. The summed E-state index contributed by atoms with van der Waals surface area (Å²) in [6, 6.07) is 0. The molecule has 30 heavy (non-hydrogen) atoms. The fourth-order valence-electron chi connectivity index (χ4n) is 8.15. The van der Waals surface area contributed by atoms with Crippen LogP contribution in [-0.4, -0.2) is 40.5 Å². The summed E-state index contributed by atoms with van der Waals surface area (Å²) in [7, 11) is 0. The predicted molar refractivity (Wildman–Crippen MR) is 108 cm³/mol. The molecule has 4 aliphatic carbocycles. The summed E-state index contributed by atoms with van der Waals surface area (Å²) >= 11 is 0. The van der Waals surface area contributed by atoms with Crippen LogP contribution >= 0.6 is 0 Å². The zero-order valence-corrected chi connectivity index (χ0v) is 18.6. The Morgan fingerprint density at radius 1 is 1.13 bits per heavy atom. The van der Waals surface area contributed by atoms with E-state index in [9.17, 15) is 19.5 Å². The smallest absolute Gasteiger partial charge is 0.303 e. The molecule has 4 saturated carbocycles. The number of carbonyl (C=O) groups is 3. The Hall–Kier alpha value is -1.30. The lowest BCUT2D eigenvalue weighted by molar-refractivity contribution is -0.212. The molecule has 6 heteroatoms. The molecule has 2 unspecified atom stereocenters. The van der Waals surface area contributed by atoms with Gasteiger partial charge in [-0.05, 0) is 62.2 Å². The molecule has 0 bridgehead atoms. The average molecular weight is 423 g/mol. The first-order valence-corrected chi connectivity index (χ1v) is 11.5. The van der Waals surface area contributed by atoms with Gasteiger partial charge in [0.25, 0.3) is 0 Å². The van der Waals surface area contributed by atoms with Gasteiger partial charge in [-0.3, -0.25) is 14.4 Å². The van der Waals surface area contributed by atoms with Gasteiger partial charge in [-0.25, -0.2) is 4.39 Å². The Labute approximate surface area is 178 Å². The highest BCUT2D eigenvalue weighted by molar-refractivity contribution is 5.91. The second kappa shape index (κ2) is 6.85. The lowest BCUT2D eigenvalue weighted by atomic mass is 9.43. The van der Waals surface area contributed by atoms with E-state index in [-0.39, 0.29) is 29.5 Å². The Morgan fingerprint density at radius 3 is 2.50 bits per heavy atom. The van der Waals surface area contributed by atoms with Crippen LogP contribution in [0.2, 0.25) is 0 Å². The van der Waals surface area contributed by atoms with Gasteiger partial charge in [-0.1, -0.05) is 20.8 Å². The predicted octanol–water partition coefficient (Wildman–Crippen LogP) is 3.80. The van der Waals surface area contributed by atoms with E-state index in [0.29, 0.717) is 44.9 Å². The standard InChI is InChI=1S/C24H35FO5/c1-14-11-19-18-6-5-16-12-17(27)7-8-21(16,3)23(18,25)10-9-22(19,4)24(14,29)20(28)13-30-15(2)26/h14,16,18-19,29H,5-13H2,1-4H3/t14?,16?,18-,19-,21-,22-,23+,24-/m0/s1. The third-order valence-corrected chi connectivity index (χ3v) is 10.00. The van der Waals surface area contributed by atoms with E-state index in [2.05, 4.69) is 0 Å². The lowest BCUT2D eigenvalue weighted by Gasteiger charge is -2.63. The molecule has 0 saturated heterocycles. The van der Waals surface area contributed by atoms with E-state index in [4.69, 9.17) is 4.74 Å². The van der Waals surface area contributed by atoms with Crippen LogP contribution in [0.5, 0.6) is 0 Å². The molecule has 0 aromatic carbocycles. The van der Waals surface area contributed by atoms with Crippen LogP contribution in [0.3, 0.4) is 0 Å². The number of Topliss-reactive ketones (excluding diaryl/α,β-unsaturated/α-hetero) is 2. The monoisotopic (exact) mass is 422 g/mol. The Morgan fingerprint density at radius 2 is 1.83 bits per heavy atom. The first-order valence-electron chi connectivity index (χ1n) is 11.5. The number of ether oxygens (including phenoxy) is 1. The van der Waals surface area contributed by atoms with Crippen molar-refractivity contribution in [3.63, 3.8) is 0 Å². The number of ketones is 2. The molecule has 8 atom stereocenters. The molecule has 0 heterocycles. The number of rotatable bonds is 3. The van der Waals surface area contributed by atoms with Gasteiger partial charge in [0.1, 0.15) is 17.1 Å². The topological polar surface area (TPSA) is 80.7 Å². The van der Waals surface area contributed by atoms with Crippen LogP contribution in [0.15, 0.2) is 0 Å². The molecule has 0 aliphatic heterocycles. The average Bonchev–Trinajstić information content (AvgIpc) is 2.89. The van der Waals surface area contributed by atoms with Crippen LogP contribution in [0.1, 0.15) is 79.1 Å². The molecule has 5 nitrogen and oxygen atoms in total. The lowest BCUT2D eigenvalue weighted by Crippen LogP contribution is -2.66. The third-order valence-electron chi connectivity index (χ3n) is 10.00. The summed E-state index contributed by atoms with van der Waals surface area (Å²) in [6.07, 6.45) is 4.39. The van der Waals surface area contributed by atoms with Crippen molar-refractivity contribution in [2.75, 3.05) is 6.61 Å². The first kappa shape index (κ1) is 21.9. The number of hydrogen-bond donors (Lipinski definition) is 1. The normalized spacial score (nSPS) is 50.3. The fraction of sp³-hybridized carbons (Fsp3) is 0.875. The van der Waals surface area contributed by atoms with Crippen molar-refractivity contribution in [3.8, 4) is 0 Å². The van der Waals surface area contributed by atoms with E-state index >= 15 is 4.39 Å². The van der Waals surface area contributed by atoms with E-state index < -0.39 is 40.5 Å². The maximum absolute atomic E-state index is 17.0. The van der Waals surface area contributed by atoms with Gasteiger partial charge in [0.2, 0.25) is 5.78 Å². The second-order valence-corrected chi connectivity index (χ2v) is 11.0. The quantitative estimate of drug-likeness (QED) is 0.700. The number of alkyl halides is 1. The molecule has 4 rings (SSSR count). The molecule has 4 aliphatic rings. The minimum Gasteiger partial charge on any atom is -0.458 e. The zero-order valence-electron chi connectivity index (χ0n) is 18.6. The zero-order chi connectivity index (χ0) is 22.1. The van der Waals surface area contributed by atoms with Crippen molar-refractivity contribution < 1.29 is 28.6 Å². The van der Waals surface area contributed by atoms with Gasteiger partial charge in [0.15, 0.2) is 6.61 Å². The fourth-order valence-corrected chi connectivity index (χ4v) is 8.15. The summed E-state index contributed by atoms with van der Waals surface area (Å²) in [5.74, 6) is -1.32. The van der Waals surface area contributed by atoms with Crippen LogP contribution in [0.25, 0.3) is 0 Å². The van der Waals surface area contributed by atoms with Crippen LogP contribution in [0.4, 0.5) is 4.39 Å². The molecule has 0 aromatic heterocycles. The van der Waals surface area contributed by atoms with E-state index in [1.165, 1.54) is 6.92 Å². The molecular formula is C24H35FO5. The molecule has 1 N–H and O–H groups in total. The maximum Gasteiger partial charge on any atom is 0.303 e. The van der Waals surface area contributed by atoms with Crippen LogP contribution in [0, 0.1) is 34.5 Å². The Balaban J connectivity index is 1.67. The molecule has 4 fully saturated rings. The minimum absolute atomic E-state index is 0.0904. The van der Waals surface area contributed by atoms with Gasteiger partial charge < -0.3 is 9.84 Å². The first-order chi connectivity index (χ1) is 13.9. The molecular weight excluding hydrogens is 387 g/mol. The van der Waals surface area contributed by atoms with Gasteiger partial charge >= 0.3 is 5.97 Å². The van der Waals surface area contributed by atoms with E-state index in [1.807, 2.05) is 20.8 Å². The molecule has 0 spiro atoms. The Bertz CT molecular complexity index is 782. The highest BCUT2D eigenvalue weighted by Crippen LogP contribution is 2.71. The summed E-state index contributed by atoms with van der Waals surface area (Å²) in [5.41, 5.74) is -4.24. The van der Waals surface area contributed by atoms with Crippen molar-refractivity contribution in [3.05, 3.63) is 0 Å². The highest BCUT2D eigenvalue weighted by Gasteiger charge is 2.73. The van der Waals surface area contributed by atoms with Crippen molar-refractivity contribution in [2.24, 2.45) is 34.5 Å². The summed E-state index contributed by atoms with van der Waals surface area (Å²) in [4.78, 5) is 36.3. The molecule has 0 amide bonds. The number of aliphatic hydroxyl groups is 1. The van der Waals surface area contributed by atoms with Gasteiger partial charge in [-0.2, -0.15) is 0 Å². The summed E-state index contributed by atoms with van der Waals surface area (Å²) < 4.78 is 21.9. The van der Waals surface area contributed by atoms with Crippen LogP contribution in [-0.2, 0) is 19.1 Å². The Kier molecular flexibility index (Phi) is 5.00. The van der Waals surface area contributed by atoms with Crippen molar-refractivity contribution in [2.45, 2.75) is 90.3 Å². The number of fused-ring (bicyclic) bond motifs is 5. The summed E-state index contributed by atoms with van der Waals surface area (Å²) in [5, 5.41) is 11.7. The van der Waals surface area contributed by atoms with Gasteiger partial charge in [-0.15, -0.1) is 0 Å². The minimum atomic E-state index is -1.62. The molecule has 0 radical (unpaired) electrons. The number of carbonyl (C=O) groups excluding carboxylic acids is 3. The molecule has 0 aromatic rings. The highest BCUT2D eigenvalue weighted by atomic mass is 19.1. The van der Waals surface area contributed by atoms with Gasteiger partial charge in [0.05, 0.1) is 0 Å². The SMILES string of the molecule is CC(=O)OCC(=O)[C@@]1(O)C(C)C[C@H]2[C@@H]3CCC4CC(=O)CC[C@]4(C)[C@@]3(F)CC[C@@]21C. The van der Waals surface area contributed by atoms with Gasteiger partial charge in [0, 0.05) is 30.6 Å². The van der Waals surface area contributed by atoms with Crippen molar-refractivity contribution >= 4 is 17.5 Å². The van der Waals surface area contributed by atoms with Crippen molar-refractivity contribution in [1.29, 1.82) is 0 Å². The second-order valence-electron chi connectivity index (χ2n) is 11.0. The number of halogens is 1.